The number of nitrogens with one attached hydrogen (secondary N) is 2. The Hall–Kier alpha value is -2.11. The lowest BCUT2D eigenvalue weighted by Gasteiger charge is -2.19. The van der Waals surface area contributed by atoms with Gasteiger partial charge in [0.25, 0.3) is 0 Å². The Labute approximate surface area is 116 Å². The summed E-state index contributed by atoms with van der Waals surface area (Å²) >= 11 is 0. The molecule has 2 N–H and O–H groups in total. The summed E-state index contributed by atoms with van der Waals surface area (Å²) in [6.07, 6.45) is 0. The Balaban J connectivity index is 2.12. The number of aromatic nitrogens is 2. The lowest BCUT2D eigenvalue weighted by atomic mass is 10.1. The van der Waals surface area contributed by atoms with Crippen LogP contribution in [-0.4, -0.2) is 22.3 Å². The number of hydrogen-bond acceptors (Lipinski definition) is 3. The molecule has 1 aromatic heterocycles. The number of halogens is 2. The van der Waals surface area contributed by atoms with E-state index in [0.717, 1.165) is 17.1 Å². The number of H-pyrrole nitrogens is 1. The molecule has 0 saturated carbocycles. The number of ether oxygens (including phenoxy) is 1. The van der Waals surface area contributed by atoms with Crippen molar-refractivity contribution in [2.75, 3.05) is 5.32 Å². The first kappa shape index (κ1) is 14.3. The summed E-state index contributed by atoms with van der Waals surface area (Å²) in [6.45, 7) is 3.31. The predicted molar refractivity (Wildman–Crippen MR) is 74.0 cm³/mol. The fourth-order valence-electron chi connectivity index (χ4n) is 1.73. The van der Waals surface area contributed by atoms with Gasteiger partial charge in [0.1, 0.15) is 11.6 Å². The topological polar surface area (TPSA) is 49.9 Å². The van der Waals surface area contributed by atoms with Gasteiger partial charge in [-0.1, -0.05) is 0 Å². The summed E-state index contributed by atoms with van der Waals surface area (Å²) in [5.74, 6) is 0.872. The van der Waals surface area contributed by atoms with E-state index in [1.807, 2.05) is 26.8 Å². The van der Waals surface area contributed by atoms with Crippen LogP contribution >= 0.6 is 0 Å². The highest BCUT2D eigenvalue weighted by molar-refractivity contribution is 5.63. The number of benzene rings is 1. The maximum atomic E-state index is 12.1. The van der Waals surface area contributed by atoms with Crippen LogP contribution in [0.2, 0.25) is 0 Å². The maximum absolute atomic E-state index is 12.1. The second kappa shape index (κ2) is 5.48. The van der Waals surface area contributed by atoms with Crippen LogP contribution in [0, 0.1) is 0 Å². The van der Waals surface area contributed by atoms with Crippen LogP contribution in [-0.2, 0) is 0 Å². The van der Waals surface area contributed by atoms with Gasteiger partial charge in [-0.15, -0.1) is 0 Å². The Morgan fingerprint density at radius 3 is 2.40 bits per heavy atom. The molecule has 0 fully saturated rings. The van der Waals surface area contributed by atoms with Crippen LogP contribution in [0.5, 0.6) is 5.75 Å². The Morgan fingerprint density at radius 2 is 1.85 bits per heavy atom. The number of alkyl halides is 2. The van der Waals surface area contributed by atoms with Crippen molar-refractivity contribution in [3.63, 3.8) is 0 Å². The number of anilines is 1. The van der Waals surface area contributed by atoms with Crippen LogP contribution in [0.4, 0.5) is 14.6 Å². The molecule has 2 aromatic rings. The molecule has 108 valence electrons. The van der Waals surface area contributed by atoms with Gasteiger partial charge in [0.05, 0.1) is 5.69 Å². The van der Waals surface area contributed by atoms with Crippen molar-refractivity contribution in [2.45, 2.75) is 32.9 Å². The summed E-state index contributed by atoms with van der Waals surface area (Å²) in [6, 6.07) is 8.27. The van der Waals surface area contributed by atoms with Crippen LogP contribution in [0.1, 0.15) is 20.8 Å². The van der Waals surface area contributed by atoms with Gasteiger partial charge in [-0.05, 0) is 50.6 Å². The SMILES string of the molecule is CC(C)(C)Nc1cc(-c2ccc(OC(F)F)cc2)[nH]n1. The molecule has 1 heterocycles. The van der Waals surface area contributed by atoms with Gasteiger partial charge in [-0.2, -0.15) is 13.9 Å². The van der Waals surface area contributed by atoms with E-state index < -0.39 is 6.61 Å². The van der Waals surface area contributed by atoms with E-state index in [4.69, 9.17) is 0 Å². The van der Waals surface area contributed by atoms with E-state index in [9.17, 15) is 8.78 Å². The molecule has 4 nitrogen and oxygen atoms in total. The van der Waals surface area contributed by atoms with Crippen LogP contribution in [0.15, 0.2) is 30.3 Å². The fourth-order valence-corrected chi connectivity index (χ4v) is 1.73. The zero-order valence-electron chi connectivity index (χ0n) is 11.6. The van der Waals surface area contributed by atoms with Crippen molar-refractivity contribution in [2.24, 2.45) is 0 Å². The Bertz CT molecular complexity index is 559. The van der Waals surface area contributed by atoms with Crippen LogP contribution in [0.25, 0.3) is 11.3 Å². The molecule has 0 atom stereocenters. The molecule has 0 aliphatic rings. The molecule has 0 amide bonds. The van der Waals surface area contributed by atoms with Gasteiger partial charge in [-0.25, -0.2) is 0 Å². The molecule has 0 unspecified atom stereocenters. The van der Waals surface area contributed by atoms with E-state index in [2.05, 4.69) is 20.3 Å². The predicted octanol–water partition coefficient (Wildman–Crippen LogP) is 3.89. The Kier molecular flexibility index (Phi) is 3.92. The van der Waals surface area contributed by atoms with Crippen LogP contribution in [0.3, 0.4) is 0 Å². The second-order valence-electron chi connectivity index (χ2n) is 5.44. The van der Waals surface area contributed by atoms with Gasteiger partial charge in [0.2, 0.25) is 0 Å². The average Bonchev–Trinajstić information content (AvgIpc) is 2.75. The van der Waals surface area contributed by atoms with Crippen molar-refractivity contribution < 1.29 is 13.5 Å². The van der Waals surface area contributed by atoms with E-state index in [1.165, 1.54) is 12.1 Å². The molecule has 0 bridgehead atoms. The van der Waals surface area contributed by atoms with Crippen molar-refractivity contribution >= 4 is 5.82 Å². The molecule has 0 radical (unpaired) electrons. The van der Waals surface area contributed by atoms with Gasteiger partial charge in [0, 0.05) is 11.6 Å². The van der Waals surface area contributed by atoms with Crippen molar-refractivity contribution in [3.05, 3.63) is 30.3 Å². The summed E-state index contributed by atoms with van der Waals surface area (Å²) in [7, 11) is 0. The van der Waals surface area contributed by atoms with E-state index in [1.54, 1.807) is 12.1 Å². The molecule has 0 aliphatic carbocycles. The van der Waals surface area contributed by atoms with Gasteiger partial charge >= 0.3 is 6.61 Å². The zero-order chi connectivity index (χ0) is 14.8. The highest BCUT2D eigenvalue weighted by Gasteiger charge is 2.12. The van der Waals surface area contributed by atoms with Gasteiger partial charge in [0.15, 0.2) is 0 Å². The van der Waals surface area contributed by atoms with Gasteiger partial charge in [-0.3, -0.25) is 5.10 Å². The first-order chi connectivity index (χ1) is 9.33. The summed E-state index contributed by atoms with van der Waals surface area (Å²) in [5.41, 5.74) is 1.57. The first-order valence-electron chi connectivity index (χ1n) is 6.22. The van der Waals surface area contributed by atoms with Crippen molar-refractivity contribution in [1.29, 1.82) is 0 Å². The number of rotatable bonds is 4. The lowest BCUT2D eigenvalue weighted by Crippen LogP contribution is -2.26. The molecular formula is C14H17F2N3O. The number of hydrogen-bond donors (Lipinski definition) is 2. The second-order valence-corrected chi connectivity index (χ2v) is 5.44. The highest BCUT2D eigenvalue weighted by Crippen LogP contribution is 2.24. The molecule has 0 spiro atoms. The monoisotopic (exact) mass is 281 g/mol. The Morgan fingerprint density at radius 1 is 1.20 bits per heavy atom. The minimum atomic E-state index is -2.81. The molecule has 1 aromatic carbocycles. The number of nitrogens with zero attached hydrogens (tertiary/aromatic N) is 1. The third-order valence-corrected chi connectivity index (χ3v) is 2.47. The largest absolute Gasteiger partial charge is 0.435 e. The highest BCUT2D eigenvalue weighted by atomic mass is 19.3. The number of aromatic amines is 1. The van der Waals surface area contributed by atoms with Crippen molar-refractivity contribution in [3.8, 4) is 17.0 Å². The molecule has 6 heteroatoms. The summed E-state index contributed by atoms with van der Waals surface area (Å²) in [4.78, 5) is 0. The molecule has 0 aliphatic heterocycles. The third-order valence-electron chi connectivity index (χ3n) is 2.47. The molecule has 0 saturated heterocycles. The quantitative estimate of drug-likeness (QED) is 0.894. The fraction of sp³-hybridized carbons (Fsp3) is 0.357. The molecule has 20 heavy (non-hydrogen) atoms. The van der Waals surface area contributed by atoms with E-state index >= 15 is 0 Å². The summed E-state index contributed by atoms with van der Waals surface area (Å²) < 4.78 is 28.4. The first-order valence-corrected chi connectivity index (χ1v) is 6.22. The van der Waals surface area contributed by atoms with Crippen LogP contribution < -0.4 is 10.1 Å². The minimum Gasteiger partial charge on any atom is -0.435 e. The molecular weight excluding hydrogens is 264 g/mol. The normalized spacial score (nSPS) is 11.7. The maximum Gasteiger partial charge on any atom is 0.387 e. The molecule has 2 rings (SSSR count). The lowest BCUT2D eigenvalue weighted by molar-refractivity contribution is -0.0498. The van der Waals surface area contributed by atoms with Crippen molar-refractivity contribution in [1.82, 2.24) is 10.2 Å². The van der Waals surface area contributed by atoms with Gasteiger partial charge < -0.3 is 10.1 Å². The average molecular weight is 281 g/mol. The van der Waals surface area contributed by atoms with E-state index in [-0.39, 0.29) is 11.3 Å². The standard InChI is InChI=1S/C14H17F2N3O/c1-14(2,3)17-12-8-11(18-19-12)9-4-6-10(7-5-9)20-13(15)16/h4-8,13H,1-3H3,(H2,17,18,19). The minimum absolute atomic E-state index is 0.0819. The smallest absolute Gasteiger partial charge is 0.387 e. The third kappa shape index (κ3) is 3.94. The van der Waals surface area contributed by atoms with E-state index in [0.29, 0.717) is 0 Å². The summed E-state index contributed by atoms with van der Waals surface area (Å²) in [5, 5.41) is 10.3. The zero-order valence-corrected chi connectivity index (χ0v) is 11.6.